The van der Waals surface area contributed by atoms with Gasteiger partial charge >= 0.3 is 0 Å². The van der Waals surface area contributed by atoms with E-state index in [-0.39, 0.29) is 17.8 Å². The fraction of sp³-hybridized carbons (Fsp3) is 0.458. The largest absolute Gasteiger partial charge is 0.493 e. The van der Waals surface area contributed by atoms with Crippen LogP contribution in [-0.4, -0.2) is 56.2 Å². The molecule has 31 heavy (non-hydrogen) atoms. The lowest BCUT2D eigenvalue weighted by Gasteiger charge is -2.33. The molecule has 0 aliphatic carbocycles. The molecule has 1 saturated heterocycles. The fourth-order valence-electron chi connectivity index (χ4n) is 4.25. The molecule has 1 fully saturated rings. The molecular formula is C24H31N5O2. The SMILES string of the molecule is CCc1cccc(-c2cc(O)n3ncc(C(=O)NC4CCN(CC(C)C)CC4)c3n2)c1. The van der Waals surface area contributed by atoms with Gasteiger partial charge in [0.05, 0.1) is 11.9 Å². The van der Waals surface area contributed by atoms with Gasteiger partial charge in [0, 0.05) is 37.3 Å². The molecule has 0 unspecified atom stereocenters. The van der Waals surface area contributed by atoms with Crippen molar-refractivity contribution in [3.8, 4) is 17.1 Å². The van der Waals surface area contributed by atoms with Crippen LogP contribution >= 0.6 is 0 Å². The topological polar surface area (TPSA) is 82.8 Å². The highest BCUT2D eigenvalue weighted by molar-refractivity contribution is 6.00. The van der Waals surface area contributed by atoms with E-state index in [1.807, 2.05) is 12.1 Å². The molecule has 1 aliphatic heterocycles. The number of nitrogens with zero attached hydrogens (tertiary/aromatic N) is 4. The summed E-state index contributed by atoms with van der Waals surface area (Å²) in [5.41, 5.74) is 3.47. The summed E-state index contributed by atoms with van der Waals surface area (Å²) >= 11 is 0. The molecule has 3 aromatic rings. The van der Waals surface area contributed by atoms with E-state index >= 15 is 0 Å². The number of likely N-dealkylation sites (tertiary alicyclic amines) is 1. The number of amides is 1. The lowest BCUT2D eigenvalue weighted by molar-refractivity contribution is 0.0908. The standard InChI is InChI=1S/C24H31N5O2/c1-4-17-6-5-7-18(12-17)21-13-22(30)29-23(27-21)20(14-25-29)24(31)26-19-8-10-28(11-9-19)15-16(2)3/h5-7,12-14,16,19,30H,4,8-11,15H2,1-3H3,(H,26,31). The van der Waals surface area contributed by atoms with Gasteiger partial charge in [-0.25, -0.2) is 4.98 Å². The Kier molecular flexibility index (Phi) is 6.23. The molecule has 2 N–H and O–H groups in total. The number of fused-ring (bicyclic) bond motifs is 1. The smallest absolute Gasteiger partial charge is 0.256 e. The van der Waals surface area contributed by atoms with Gasteiger partial charge in [-0.1, -0.05) is 39.0 Å². The van der Waals surface area contributed by atoms with Crippen LogP contribution in [0.15, 0.2) is 36.5 Å². The lowest BCUT2D eigenvalue weighted by Crippen LogP contribution is -2.45. The van der Waals surface area contributed by atoms with Crippen LogP contribution < -0.4 is 5.32 Å². The van der Waals surface area contributed by atoms with E-state index in [9.17, 15) is 9.90 Å². The average molecular weight is 422 g/mol. The maximum Gasteiger partial charge on any atom is 0.256 e. The normalized spacial score (nSPS) is 15.6. The Morgan fingerprint density at radius 1 is 1.26 bits per heavy atom. The van der Waals surface area contributed by atoms with E-state index in [4.69, 9.17) is 0 Å². The van der Waals surface area contributed by atoms with Crippen LogP contribution in [0.5, 0.6) is 5.88 Å². The van der Waals surface area contributed by atoms with Crippen LogP contribution in [0.3, 0.4) is 0 Å². The number of rotatable bonds is 6. The predicted octanol–water partition coefficient (Wildman–Crippen LogP) is 3.51. The van der Waals surface area contributed by atoms with Crippen molar-refractivity contribution in [2.24, 2.45) is 5.92 Å². The molecule has 164 valence electrons. The third-order valence-corrected chi connectivity index (χ3v) is 5.87. The van der Waals surface area contributed by atoms with Gasteiger partial charge in [0.1, 0.15) is 5.56 Å². The minimum Gasteiger partial charge on any atom is -0.493 e. The van der Waals surface area contributed by atoms with Gasteiger partial charge in [0.2, 0.25) is 5.88 Å². The van der Waals surface area contributed by atoms with Gasteiger partial charge in [0.25, 0.3) is 5.91 Å². The first-order valence-electron chi connectivity index (χ1n) is 11.1. The third-order valence-electron chi connectivity index (χ3n) is 5.87. The zero-order valence-corrected chi connectivity index (χ0v) is 18.5. The first-order valence-corrected chi connectivity index (χ1v) is 11.1. The summed E-state index contributed by atoms with van der Waals surface area (Å²) in [5, 5.41) is 17.8. The Balaban J connectivity index is 1.54. The van der Waals surface area contributed by atoms with Crippen molar-refractivity contribution < 1.29 is 9.90 Å². The number of nitrogens with one attached hydrogen (secondary N) is 1. The number of carbonyl (C=O) groups is 1. The average Bonchev–Trinajstić information content (AvgIpc) is 3.19. The van der Waals surface area contributed by atoms with Crippen LogP contribution in [0, 0.1) is 5.92 Å². The van der Waals surface area contributed by atoms with Crippen LogP contribution in [0.2, 0.25) is 0 Å². The Labute approximate surface area is 183 Å². The molecule has 0 bridgehead atoms. The highest BCUT2D eigenvalue weighted by Crippen LogP contribution is 2.25. The van der Waals surface area contributed by atoms with E-state index in [0.717, 1.165) is 44.5 Å². The van der Waals surface area contributed by atoms with E-state index in [0.29, 0.717) is 22.8 Å². The van der Waals surface area contributed by atoms with Crippen molar-refractivity contribution in [2.75, 3.05) is 19.6 Å². The van der Waals surface area contributed by atoms with E-state index in [1.165, 1.54) is 16.3 Å². The molecule has 0 spiro atoms. The molecule has 7 nitrogen and oxygen atoms in total. The predicted molar refractivity (Wildman–Crippen MR) is 121 cm³/mol. The van der Waals surface area contributed by atoms with Gasteiger partial charge in [-0.15, -0.1) is 0 Å². The molecule has 1 aliphatic rings. The van der Waals surface area contributed by atoms with Crippen LogP contribution in [-0.2, 0) is 6.42 Å². The molecular weight excluding hydrogens is 390 g/mol. The highest BCUT2D eigenvalue weighted by Gasteiger charge is 2.24. The number of hydrogen-bond acceptors (Lipinski definition) is 5. The number of aryl methyl sites for hydroxylation is 1. The van der Waals surface area contributed by atoms with Crippen molar-refractivity contribution >= 4 is 11.6 Å². The van der Waals surface area contributed by atoms with Crippen molar-refractivity contribution in [3.63, 3.8) is 0 Å². The summed E-state index contributed by atoms with van der Waals surface area (Å²) in [4.78, 5) is 20.1. The van der Waals surface area contributed by atoms with Crippen molar-refractivity contribution in [1.29, 1.82) is 0 Å². The van der Waals surface area contributed by atoms with Crippen molar-refractivity contribution in [3.05, 3.63) is 47.7 Å². The summed E-state index contributed by atoms with van der Waals surface area (Å²) in [7, 11) is 0. The van der Waals surface area contributed by atoms with E-state index in [2.05, 4.69) is 53.2 Å². The summed E-state index contributed by atoms with van der Waals surface area (Å²) in [6, 6.07) is 9.78. The molecule has 4 rings (SSSR count). The highest BCUT2D eigenvalue weighted by atomic mass is 16.3. The fourth-order valence-corrected chi connectivity index (χ4v) is 4.25. The Bertz CT molecular complexity index is 1070. The second-order valence-corrected chi connectivity index (χ2v) is 8.79. The first-order chi connectivity index (χ1) is 14.9. The lowest BCUT2D eigenvalue weighted by atomic mass is 10.0. The Hall–Kier alpha value is -2.93. The quantitative estimate of drug-likeness (QED) is 0.636. The van der Waals surface area contributed by atoms with Crippen LogP contribution in [0.25, 0.3) is 16.9 Å². The summed E-state index contributed by atoms with van der Waals surface area (Å²) in [6.07, 6.45) is 4.27. The van der Waals surface area contributed by atoms with Gasteiger partial charge < -0.3 is 15.3 Å². The molecule has 0 saturated carbocycles. The second-order valence-electron chi connectivity index (χ2n) is 8.79. The number of benzene rings is 1. The van der Waals surface area contributed by atoms with Gasteiger partial charge in [0.15, 0.2) is 5.65 Å². The molecule has 3 heterocycles. The Morgan fingerprint density at radius 2 is 2.03 bits per heavy atom. The number of piperidine rings is 1. The molecule has 2 aromatic heterocycles. The van der Waals surface area contributed by atoms with Crippen LogP contribution in [0.4, 0.5) is 0 Å². The molecule has 7 heteroatoms. The number of aromatic nitrogens is 3. The minimum absolute atomic E-state index is 0.0389. The number of hydrogen-bond donors (Lipinski definition) is 2. The third kappa shape index (κ3) is 4.71. The Morgan fingerprint density at radius 3 is 2.74 bits per heavy atom. The number of carbonyl (C=O) groups excluding carboxylic acids is 1. The van der Waals surface area contributed by atoms with E-state index < -0.39 is 0 Å². The maximum absolute atomic E-state index is 13.0. The zero-order valence-electron chi connectivity index (χ0n) is 18.5. The summed E-state index contributed by atoms with van der Waals surface area (Å²) in [5.74, 6) is 0.419. The van der Waals surface area contributed by atoms with Crippen molar-refractivity contribution in [2.45, 2.75) is 46.1 Å². The van der Waals surface area contributed by atoms with Crippen LogP contribution in [0.1, 0.15) is 49.5 Å². The summed E-state index contributed by atoms with van der Waals surface area (Å²) < 4.78 is 1.31. The maximum atomic E-state index is 13.0. The summed E-state index contributed by atoms with van der Waals surface area (Å²) in [6.45, 7) is 9.64. The zero-order chi connectivity index (χ0) is 22.0. The molecule has 1 aromatic carbocycles. The molecule has 0 radical (unpaired) electrons. The minimum atomic E-state index is -0.191. The monoisotopic (exact) mass is 421 g/mol. The number of aromatic hydroxyl groups is 1. The molecule has 0 atom stereocenters. The van der Waals surface area contributed by atoms with Gasteiger partial charge in [-0.3, -0.25) is 4.79 Å². The first kappa shape index (κ1) is 21.3. The van der Waals surface area contributed by atoms with Crippen molar-refractivity contribution in [1.82, 2.24) is 24.8 Å². The van der Waals surface area contributed by atoms with Gasteiger partial charge in [-0.05, 0) is 36.8 Å². The van der Waals surface area contributed by atoms with Gasteiger partial charge in [-0.2, -0.15) is 9.61 Å². The second kappa shape index (κ2) is 9.06. The molecule has 1 amide bonds. The van der Waals surface area contributed by atoms with E-state index in [1.54, 1.807) is 6.07 Å².